The van der Waals surface area contributed by atoms with Crippen LogP contribution in [0.5, 0.6) is 0 Å². The highest BCUT2D eigenvalue weighted by atomic mass is 19.3. The van der Waals surface area contributed by atoms with Gasteiger partial charge in [-0.3, -0.25) is 14.5 Å². The van der Waals surface area contributed by atoms with Crippen LogP contribution in [0, 0.1) is 0 Å². The van der Waals surface area contributed by atoms with Crippen LogP contribution in [0.1, 0.15) is 12.8 Å². The number of H-pyrrole nitrogens is 1. The Morgan fingerprint density at radius 1 is 1.46 bits per heavy atom. The molecular weight excluding hydrogens is 348 g/mol. The Bertz CT molecular complexity index is 671. The third-order valence-electron chi connectivity index (χ3n) is 4.67. The highest BCUT2D eigenvalue weighted by Gasteiger charge is 2.33. The molecule has 2 aliphatic rings. The molecule has 3 heterocycles. The van der Waals surface area contributed by atoms with Gasteiger partial charge in [-0.05, 0) is 12.8 Å². The summed E-state index contributed by atoms with van der Waals surface area (Å²) >= 11 is 0. The Hall–Kier alpha value is -2.07. The summed E-state index contributed by atoms with van der Waals surface area (Å²) in [5.74, 6) is 0.0129. The van der Waals surface area contributed by atoms with E-state index in [0.717, 1.165) is 12.8 Å². The fraction of sp³-hybridized carbons (Fsp3) is 0.688. The normalized spacial score (nSPS) is 24.7. The van der Waals surface area contributed by atoms with Crippen molar-refractivity contribution in [1.82, 2.24) is 20.2 Å². The average molecular weight is 371 g/mol. The van der Waals surface area contributed by atoms with Gasteiger partial charge in [-0.2, -0.15) is 0 Å². The van der Waals surface area contributed by atoms with Crippen LogP contribution in [0.3, 0.4) is 0 Å². The minimum absolute atomic E-state index is 0.106. The molecule has 8 nitrogen and oxygen atoms in total. The summed E-state index contributed by atoms with van der Waals surface area (Å²) in [4.78, 5) is 34.5. The van der Waals surface area contributed by atoms with Gasteiger partial charge in [-0.15, -0.1) is 0 Å². The number of alkyl halides is 2. The van der Waals surface area contributed by atoms with E-state index in [9.17, 15) is 18.4 Å². The fourth-order valence-corrected chi connectivity index (χ4v) is 3.43. The molecule has 1 amide bonds. The number of piperidine rings is 1. The number of carbonyl (C=O) groups is 1. The second-order valence-electron chi connectivity index (χ2n) is 6.51. The summed E-state index contributed by atoms with van der Waals surface area (Å²) in [5.41, 5.74) is -0.275. The highest BCUT2D eigenvalue weighted by Crippen LogP contribution is 2.16. The molecule has 2 N–H and O–H groups in total. The third kappa shape index (κ3) is 4.55. The molecule has 26 heavy (non-hydrogen) atoms. The van der Waals surface area contributed by atoms with Crippen molar-refractivity contribution >= 4 is 11.7 Å². The molecule has 1 aromatic rings. The van der Waals surface area contributed by atoms with Gasteiger partial charge in [-0.25, -0.2) is 13.8 Å². The molecule has 10 heteroatoms. The van der Waals surface area contributed by atoms with Crippen LogP contribution in [0.25, 0.3) is 0 Å². The third-order valence-corrected chi connectivity index (χ3v) is 4.67. The van der Waals surface area contributed by atoms with Crippen molar-refractivity contribution in [2.24, 2.45) is 0 Å². The van der Waals surface area contributed by atoms with E-state index in [0.29, 0.717) is 32.1 Å². The molecule has 0 bridgehead atoms. The topological polar surface area (TPSA) is 90.6 Å². The lowest BCUT2D eigenvalue weighted by Gasteiger charge is -2.37. The second kappa shape index (κ2) is 8.54. The van der Waals surface area contributed by atoms with Crippen LogP contribution in [0.2, 0.25) is 0 Å². The van der Waals surface area contributed by atoms with Crippen molar-refractivity contribution in [1.29, 1.82) is 0 Å². The number of amides is 1. The van der Waals surface area contributed by atoms with Crippen molar-refractivity contribution < 1.29 is 18.3 Å². The number of hydrogen-bond donors (Lipinski definition) is 2. The van der Waals surface area contributed by atoms with Gasteiger partial charge in [0.15, 0.2) is 5.82 Å². The van der Waals surface area contributed by atoms with Crippen molar-refractivity contribution in [3.8, 4) is 0 Å². The molecule has 2 atom stereocenters. The molecule has 2 fully saturated rings. The Labute approximate surface area is 149 Å². The first-order chi connectivity index (χ1) is 12.5. The maximum atomic E-state index is 12.7. The van der Waals surface area contributed by atoms with Crippen molar-refractivity contribution in [2.45, 2.75) is 31.4 Å². The average Bonchev–Trinajstić information content (AvgIpc) is 2.62. The zero-order valence-corrected chi connectivity index (χ0v) is 14.4. The molecule has 2 aliphatic heterocycles. The van der Waals surface area contributed by atoms with Crippen LogP contribution >= 0.6 is 0 Å². The maximum absolute atomic E-state index is 12.7. The number of aromatic nitrogens is 2. The lowest BCUT2D eigenvalue weighted by atomic mass is 10.0. The maximum Gasteiger partial charge on any atom is 0.290 e. The standard InChI is InChI=1S/C16H23F2N5O3/c17-13(18)9-22-6-7-26-10-12(22)15(24)21-11-2-1-5-23(8-11)14-16(25)20-4-3-19-14/h3-4,11-13H,1-2,5-10H2,(H,20,25)(H,21,24). The van der Waals surface area contributed by atoms with Crippen LogP contribution in [0.15, 0.2) is 17.2 Å². The molecule has 2 saturated heterocycles. The molecule has 0 radical (unpaired) electrons. The van der Waals surface area contributed by atoms with Crippen LogP contribution in [-0.2, 0) is 9.53 Å². The van der Waals surface area contributed by atoms with E-state index in [1.165, 1.54) is 17.3 Å². The molecule has 144 valence electrons. The molecule has 1 aromatic heterocycles. The van der Waals surface area contributed by atoms with E-state index in [2.05, 4.69) is 15.3 Å². The first-order valence-corrected chi connectivity index (χ1v) is 8.73. The van der Waals surface area contributed by atoms with Crippen molar-refractivity contribution in [3.63, 3.8) is 0 Å². The van der Waals surface area contributed by atoms with Gasteiger partial charge in [-0.1, -0.05) is 0 Å². The number of halogens is 2. The molecule has 0 saturated carbocycles. The number of aromatic amines is 1. The van der Waals surface area contributed by atoms with E-state index in [1.807, 2.05) is 4.90 Å². The summed E-state index contributed by atoms with van der Waals surface area (Å²) in [6, 6.07) is -0.889. The van der Waals surface area contributed by atoms with E-state index in [1.54, 1.807) is 0 Å². The Morgan fingerprint density at radius 2 is 2.31 bits per heavy atom. The number of carbonyl (C=O) groups excluding carboxylic acids is 1. The second-order valence-corrected chi connectivity index (χ2v) is 6.51. The minimum atomic E-state index is -2.50. The number of morpholine rings is 1. The number of nitrogens with one attached hydrogen (secondary N) is 2. The summed E-state index contributed by atoms with van der Waals surface area (Å²) < 4.78 is 30.8. The Morgan fingerprint density at radius 3 is 3.08 bits per heavy atom. The van der Waals surface area contributed by atoms with Gasteiger partial charge in [0.2, 0.25) is 5.91 Å². The van der Waals surface area contributed by atoms with Crippen LogP contribution in [0.4, 0.5) is 14.6 Å². The molecule has 2 unspecified atom stereocenters. The quantitative estimate of drug-likeness (QED) is 0.746. The molecule has 0 aromatic carbocycles. The van der Waals surface area contributed by atoms with E-state index in [-0.39, 0.29) is 24.1 Å². The smallest absolute Gasteiger partial charge is 0.290 e. The van der Waals surface area contributed by atoms with Crippen molar-refractivity contribution in [3.05, 3.63) is 22.7 Å². The van der Waals surface area contributed by atoms with Gasteiger partial charge >= 0.3 is 0 Å². The zero-order valence-electron chi connectivity index (χ0n) is 14.4. The number of rotatable bonds is 5. The van der Waals surface area contributed by atoms with E-state index >= 15 is 0 Å². The van der Waals surface area contributed by atoms with Crippen LogP contribution < -0.4 is 15.8 Å². The summed E-state index contributed by atoms with van der Waals surface area (Å²) in [5, 5.41) is 2.92. The summed E-state index contributed by atoms with van der Waals surface area (Å²) in [7, 11) is 0. The van der Waals surface area contributed by atoms with Crippen molar-refractivity contribution in [2.75, 3.05) is 44.3 Å². The van der Waals surface area contributed by atoms with Gasteiger partial charge in [0.25, 0.3) is 12.0 Å². The van der Waals surface area contributed by atoms with Crippen LogP contribution in [-0.4, -0.2) is 78.7 Å². The predicted octanol–water partition coefficient (Wildman–Crippen LogP) is -0.179. The minimum Gasteiger partial charge on any atom is -0.378 e. The van der Waals surface area contributed by atoms with Gasteiger partial charge in [0.05, 0.1) is 19.8 Å². The first kappa shape index (κ1) is 18.7. The van der Waals surface area contributed by atoms with E-state index < -0.39 is 19.0 Å². The largest absolute Gasteiger partial charge is 0.378 e. The monoisotopic (exact) mass is 371 g/mol. The number of anilines is 1. The van der Waals surface area contributed by atoms with Gasteiger partial charge < -0.3 is 19.9 Å². The number of ether oxygens (including phenoxy) is 1. The van der Waals surface area contributed by atoms with E-state index in [4.69, 9.17) is 4.74 Å². The van der Waals surface area contributed by atoms with Gasteiger partial charge in [0.1, 0.15) is 6.04 Å². The lowest BCUT2D eigenvalue weighted by Crippen LogP contribution is -2.58. The molecular formula is C16H23F2N5O3. The Balaban J connectivity index is 1.61. The number of hydrogen-bond acceptors (Lipinski definition) is 6. The zero-order chi connectivity index (χ0) is 18.5. The molecule has 3 rings (SSSR count). The fourth-order valence-electron chi connectivity index (χ4n) is 3.43. The SMILES string of the molecule is O=C(NC1CCCN(c2ncc[nH]c2=O)C1)C1COCCN1CC(F)F. The first-order valence-electron chi connectivity index (χ1n) is 8.73. The van der Waals surface area contributed by atoms with Gasteiger partial charge in [0, 0.05) is 38.1 Å². The summed E-state index contributed by atoms with van der Waals surface area (Å²) in [6.07, 6.45) is 2.04. The highest BCUT2D eigenvalue weighted by molar-refractivity contribution is 5.82. The molecule has 0 spiro atoms. The Kier molecular flexibility index (Phi) is 6.15. The number of nitrogens with zero attached hydrogens (tertiary/aromatic N) is 3. The molecule has 0 aliphatic carbocycles. The predicted molar refractivity (Wildman–Crippen MR) is 90.4 cm³/mol. The lowest BCUT2D eigenvalue weighted by molar-refractivity contribution is -0.134. The summed E-state index contributed by atoms with van der Waals surface area (Å²) in [6.45, 7) is 1.44.